The second-order valence-electron chi connectivity index (χ2n) is 5.23. The molecule has 25 heavy (non-hydrogen) atoms. The third kappa shape index (κ3) is 3.81. The summed E-state index contributed by atoms with van der Waals surface area (Å²) in [6.07, 6.45) is 1.51. The molecule has 7 heteroatoms. The second-order valence-corrected chi connectivity index (χ2v) is 5.64. The molecule has 0 atom stereocenters. The lowest BCUT2D eigenvalue weighted by molar-refractivity contribution is -0.384. The number of nitrogens with zero attached hydrogens (tertiary/aromatic N) is 2. The molecule has 0 aliphatic heterocycles. The van der Waals surface area contributed by atoms with Crippen LogP contribution in [0.25, 0.3) is 10.8 Å². The van der Waals surface area contributed by atoms with Crippen molar-refractivity contribution in [2.45, 2.75) is 0 Å². The molecule has 6 nitrogen and oxygen atoms in total. The lowest BCUT2D eigenvalue weighted by atomic mass is 10.1. The van der Waals surface area contributed by atoms with E-state index < -0.39 is 10.8 Å². The number of halogens is 1. The molecule has 0 aliphatic rings. The topological polar surface area (TPSA) is 84.6 Å². The lowest BCUT2D eigenvalue weighted by Crippen LogP contribution is -2.17. The normalized spacial score (nSPS) is 10.9. The Balaban J connectivity index is 1.73. The summed E-state index contributed by atoms with van der Waals surface area (Å²) >= 11 is 5.72. The lowest BCUT2D eigenvalue weighted by Gasteiger charge is -2.02. The van der Waals surface area contributed by atoms with E-state index in [1.54, 1.807) is 0 Å². The molecule has 0 saturated carbocycles. The van der Waals surface area contributed by atoms with Gasteiger partial charge in [0.2, 0.25) is 0 Å². The minimum atomic E-state index is -0.641. The Kier molecular flexibility index (Phi) is 4.72. The molecule has 124 valence electrons. The van der Waals surface area contributed by atoms with Crippen LogP contribution in [0.4, 0.5) is 5.69 Å². The van der Waals surface area contributed by atoms with E-state index in [9.17, 15) is 14.9 Å². The van der Waals surface area contributed by atoms with Crippen LogP contribution in [0, 0.1) is 10.1 Å². The molecule has 1 N–H and O–H groups in total. The average Bonchev–Trinajstić information content (AvgIpc) is 2.61. The number of carbonyl (C=O) groups is 1. The van der Waals surface area contributed by atoms with Gasteiger partial charge in [-0.15, -0.1) is 0 Å². The standard InChI is InChI=1S/C18H12ClN3O3/c19-16-8-7-15(10-17(16)22(24)25)18(23)21-20-11-12-5-6-13-3-1-2-4-14(13)9-12/h1-11H,(H,21,23)/b20-11+. The average molecular weight is 354 g/mol. The Morgan fingerprint density at radius 1 is 1.08 bits per heavy atom. The molecule has 1 amide bonds. The summed E-state index contributed by atoms with van der Waals surface area (Å²) in [7, 11) is 0. The van der Waals surface area contributed by atoms with Gasteiger partial charge in [0.15, 0.2) is 0 Å². The van der Waals surface area contributed by atoms with Gasteiger partial charge in [-0.2, -0.15) is 5.10 Å². The molecule has 3 rings (SSSR count). The number of nitro groups is 1. The van der Waals surface area contributed by atoms with Gasteiger partial charge in [0.05, 0.1) is 11.1 Å². The van der Waals surface area contributed by atoms with Crippen molar-refractivity contribution in [3.8, 4) is 0 Å². The molecule has 0 aromatic heterocycles. The van der Waals surface area contributed by atoms with Crippen molar-refractivity contribution >= 4 is 40.2 Å². The summed E-state index contributed by atoms with van der Waals surface area (Å²) in [4.78, 5) is 22.3. The van der Waals surface area contributed by atoms with Gasteiger partial charge in [0, 0.05) is 11.6 Å². The highest BCUT2D eigenvalue weighted by atomic mass is 35.5. The first-order valence-corrected chi connectivity index (χ1v) is 7.68. The van der Waals surface area contributed by atoms with Crippen molar-refractivity contribution in [2.75, 3.05) is 0 Å². The van der Waals surface area contributed by atoms with Crippen molar-refractivity contribution < 1.29 is 9.72 Å². The molecule has 0 spiro atoms. The molecule has 0 unspecified atom stereocenters. The maximum atomic E-state index is 12.0. The zero-order chi connectivity index (χ0) is 17.8. The van der Waals surface area contributed by atoms with Gasteiger partial charge in [0.25, 0.3) is 11.6 Å². The van der Waals surface area contributed by atoms with Gasteiger partial charge in [-0.3, -0.25) is 14.9 Å². The molecule has 3 aromatic carbocycles. The van der Waals surface area contributed by atoms with Crippen molar-refractivity contribution in [3.05, 3.63) is 86.9 Å². The molecule has 0 radical (unpaired) electrons. The highest BCUT2D eigenvalue weighted by Gasteiger charge is 2.15. The third-order valence-electron chi connectivity index (χ3n) is 3.56. The molecular weight excluding hydrogens is 342 g/mol. The number of fused-ring (bicyclic) bond motifs is 1. The first kappa shape index (κ1) is 16.6. The Labute approximate surface area is 147 Å². The monoisotopic (exact) mass is 353 g/mol. The fourth-order valence-corrected chi connectivity index (χ4v) is 2.50. The quantitative estimate of drug-likeness (QED) is 0.434. The van der Waals surface area contributed by atoms with E-state index >= 15 is 0 Å². The smallest absolute Gasteiger partial charge is 0.267 e. The van der Waals surface area contributed by atoms with Gasteiger partial charge < -0.3 is 0 Å². The summed E-state index contributed by atoms with van der Waals surface area (Å²) < 4.78 is 0. The molecule has 0 heterocycles. The van der Waals surface area contributed by atoms with Crippen LogP contribution in [-0.2, 0) is 0 Å². The van der Waals surface area contributed by atoms with Gasteiger partial charge >= 0.3 is 0 Å². The SMILES string of the molecule is O=C(N/N=C/c1ccc2ccccc2c1)c1ccc(Cl)c([N+](=O)[O-])c1. The largest absolute Gasteiger partial charge is 0.288 e. The summed E-state index contributed by atoms with van der Waals surface area (Å²) in [5.74, 6) is -0.559. The van der Waals surface area contributed by atoms with Crippen LogP contribution in [0.3, 0.4) is 0 Å². The molecular formula is C18H12ClN3O3. The number of nitro benzene ring substituents is 1. The van der Waals surface area contributed by atoms with E-state index in [2.05, 4.69) is 10.5 Å². The number of hydrazone groups is 1. The number of nitrogens with one attached hydrogen (secondary N) is 1. The van der Waals surface area contributed by atoms with Crippen molar-refractivity contribution in [1.29, 1.82) is 0 Å². The number of rotatable bonds is 4. The van der Waals surface area contributed by atoms with Crippen molar-refractivity contribution in [3.63, 3.8) is 0 Å². The van der Waals surface area contributed by atoms with Crippen LogP contribution in [0.2, 0.25) is 5.02 Å². The predicted octanol–water partition coefficient (Wildman–Crippen LogP) is 4.17. The van der Waals surface area contributed by atoms with Gasteiger partial charge in [-0.05, 0) is 34.5 Å². The molecule has 0 bridgehead atoms. The van der Waals surface area contributed by atoms with Gasteiger partial charge in [0.1, 0.15) is 5.02 Å². The number of benzene rings is 3. The summed E-state index contributed by atoms with van der Waals surface area (Å²) in [6.45, 7) is 0. The van der Waals surface area contributed by atoms with Gasteiger partial charge in [-0.1, -0.05) is 48.0 Å². The van der Waals surface area contributed by atoms with Crippen LogP contribution < -0.4 is 5.43 Å². The van der Waals surface area contributed by atoms with Crippen molar-refractivity contribution in [1.82, 2.24) is 5.43 Å². The number of hydrogen-bond acceptors (Lipinski definition) is 4. The van der Waals surface area contributed by atoms with E-state index in [-0.39, 0.29) is 16.3 Å². The Hall–Kier alpha value is -3.25. The summed E-state index contributed by atoms with van der Waals surface area (Å²) in [6, 6.07) is 17.5. The van der Waals surface area contributed by atoms with Crippen LogP contribution in [0.1, 0.15) is 15.9 Å². The molecule has 3 aromatic rings. The zero-order valence-corrected chi connectivity index (χ0v) is 13.6. The van der Waals surface area contributed by atoms with Crippen LogP contribution in [0.15, 0.2) is 65.8 Å². The zero-order valence-electron chi connectivity index (χ0n) is 12.8. The van der Waals surface area contributed by atoms with Crippen LogP contribution in [-0.4, -0.2) is 17.0 Å². The highest BCUT2D eigenvalue weighted by Crippen LogP contribution is 2.25. The molecule has 0 fully saturated rings. The van der Waals surface area contributed by atoms with Crippen molar-refractivity contribution in [2.24, 2.45) is 5.10 Å². The maximum absolute atomic E-state index is 12.0. The highest BCUT2D eigenvalue weighted by molar-refractivity contribution is 6.32. The number of carbonyl (C=O) groups excluding carboxylic acids is 1. The molecule has 0 saturated heterocycles. The fraction of sp³-hybridized carbons (Fsp3) is 0. The Morgan fingerprint density at radius 3 is 2.60 bits per heavy atom. The fourth-order valence-electron chi connectivity index (χ4n) is 2.31. The van der Waals surface area contributed by atoms with E-state index in [1.165, 1.54) is 18.3 Å². The molecule has 0 aliphatic carbocycles. The second kappa shape index (κ2) is 7.11. The number of hydrogen-bond donors (Lipinski definition) is 1. The van der Waals surface area contributed by atoms with Crippen LogP contribution >= 0.6 is 11.6 Å². The minimum Gasteiger partial charge on any atom is -0.267 e. The van der Waals surface area contributed by atoms with Crippen LogP contribution in [0.5, 0.6) is 0 Å². The first-order valence-electron chi connectivity index (χ1n) is 7.31. The number of amides is 1. The Bertz CT molecular complexity index is 1000. The van der Waals surface area contributed by atoms with E-state index in [0.717, 1.165) is 22.4 Å². The Morgan fingerprint density at radius 2 is 1.84 bits per heavy atom. The first-order chi connectivity index (χ1) is 12.0. The summed E-state index contributed by atoms with van der Waals surface area (Å²) in [5, 5.41) is 16.9. The minimum absolute atomic E-state index is 0.0267. The van der Waals surface area contributed by atoms with E-state index in [1.807, 2.05) is 42.5 Å². The maximum Gasteiger partial charge on any atom is 0.288 e. The predicted molar refractivity (Wildman–Crippen MR) is 97.1 cm³/mol. The van der Waals surface area contributed by atoms with E-state index in [4.69, 9.17) is 11.6 Å². The summed E-state index contributed by atoms with van der Waals surface area (Å²) in [5.41, 5.74) is 2.94. The van der Waals surface area contributed by atoms with E-state index in [0.29, 0.717) is 0 Å². The third-order valence-corrected chi connectivity index (χ3v) is 3.88. The van der Waals surface area contributed by atoms with Gasteiger partial charge in [-0.25, -0.2) is 5.43 Å².